The molecule has 10 aromatic carbocycles. The second kappa shape index (κ2) is 13.3. The Morgan fingerprint density at radius 1 is 0.305 bits per heavy atom. The summed E-state index contributed by atoms with van der Waals surface area (Å²) in [4.78, 5) is 20.4. The smallest absolute Gasteiger partial charge is 0.227 e. The quantitative estimate of drug-likeness (QED) is 0.164. The maximum Gasteiger partial charge on any atom is 0.227 e. The van der Waals surface area contributed by atoms with E-state index in [4.69, 9.17) is 24.4 Å². The number of hydrogen-bond donors (Lipinski definition) is 0. The van der Waals surface area contributed by atoms with E-state index in [-0.39, 0.29) is 0 Å². The molecule has 0 unspecified atom stereocenters. The van der Waals surface area contributed by atoms with Crippen molar-refractivity contribution >= 4 is 65.0 Å². The second-order valence-electron chi connectivity index (χ2n) is 15.0. The first-order valence-electron chi connectivity index (χ1n) is 19.8. The van der Waals surface area contributed by atoms with Crippen LogP contribution in [0.3, 0.4) is 0 Å². The molecule has 0 aliphatic heterocycles. The number of rotatable bonds is 5. The molecule has 2 aromatic heterocycles. The summed E-state index contributed by atoms with van der Waals surface area (Å²) in [6.07, 6.45) is 0. The van der Waals surface area contributed by atoms with Gasteiger partial charge in [0, 0.05) is 33.0 Å². The predicted octanol–water partition coefficient (Wildman–Crippen LogP) is 14.1. The van der Waals surface area contributed by atoms with Crippen LogP contribution in [-0.2, 0) is 0 Å². The summed E-state index contributed by atoms with van der Waals surface area (Å²) in [5.41, 5.74) is 7.70. The van der Waals surface area contributed by atoms with Crippen molar-refractivity contribution in [2.24, 2.45) is 0 Å². The van der Waals surface area contributed by atoms with E-state index in [0.29, 0.717) is 23.4 Å². The Bertz CT molecular complexity index is 3600. The van der Waals surface area contributed by atoms with Gasteiger partial charge in [0.25, 0.3) is 0 Å². The van der Waals surface area contributed by atoms with Crippen LogP contribution >= 0.6 is 0 Å². The topological polar surface area (TPSA) is 64.7 Å². The molecule has 0 radical (unpaired) electrons. The van der Waals surface area contributed by atoms with Gasteiger partial charge in [-0.3, -0.25) is 0 Å². The van der Waals surface area contributed by atoms with Crippen molar-refractivity contribution < 1.29 is 4.42 Å². The average molecular weight is 753 g/mol. The van der Waals surface area contributed by atoms with E-state index < -0.39 is 0 Å². The number of nitrogens with zero attached hydrogens (tertiary/aromatic N) is 4. The Kier molecular flexibility index (Phi) is 7.47. The highest BCUT2D eigenvalue weighted by Crippen LogP contribution is 2.40. The highest BCUT2D eigenvalue weighted by Gasteiger charge is 2.18. The first kappa shape index (κ1) is 33.2. The Morgan fingerprint density at radius 2 is 0.864 bits per heavy atom. The lowest BCUT2D eigenvalue weighted by molar-refractivity contribution is 0.623. The zero-order chi connectivity index (χ0) is 38.9. The molecule has 274 valence electrons. The maximum atomic E-state index is 6.57. The van der Waals surface area contributed by atoms with Gasteiger partial charge in [0.05, 0.1) is 0 Å². The lowest BCUT2D eigenvalue weighted by Crippen LogP contribution is -2.00. The van der Waals surface area contributed by atoms with Crippen LogP contribution in [0.2, 0.25) is 0 Å². The fraction of sp³-hybridized carbons (Fsp3) is 0. The van der Waals surface area contributed by atoms with Crippen molar-refractivity contribution in [3.8, 4) is 56.7 Å². The van der Waals surface area contributed by atoms with Gasteiger partial charge >= 0.3 is 0 Å². The van der Waals surface area contributed by atoms with Crippen LogP contribution in [0.15, 0.2) is 199 Å². The zero-order valence-corrected chi connectivity index (χ0v) is 31.7. The van der Waals surface area contributed by atoms with Crippen molar-refractivity contribution in [2.75, 3.05) is 0 Å². The molecule has 5 heteroatoms. The normalized spacial score (nSPS) is 11.7. The van der Waals surface area contributed by atoms with Gasteiger partial charge < -0.3 is 4.42 Å². The van der Waals surface area contributed by atoms with E-state index in [1.807, 2.05) is 36.4 Å². The first-order valence-corrected chi connectivity index (χ1v) is 19.8. The summed E-state index contributed by atoms with van der Waals surface area (Å²) in [6.45, 7) is 0. The zero-order valence-electron chi connectivity index (χ0n) is 31.7. The molecule has 0 spiro atoms. The van der Waals surface area contributed by atoms with Crippen molar-refractivity contribution in [1.82, 2.24) is 19.9 Å². The van der Waals surface area contributed by atoms with Crippen LogP contribution < -0.4 is 0 Å². The predicted molar refractivity (Wildman–Crippen MR) is 242 cm³/mol. The van der Waals surface area contributed by atoms with Gasteiger partial charge in [-0.1, -0.05) is 170 Å². The highest BCUT2D eigenvalue weighted by molar-refractivity contribution is 6.26. The van der Waals surface area contributed by atoms with E-state index in [9.17, 15) is 0 Å². The van der Waals surface area contributed by atoms with Gasteiger partial charge in [-0.2, -0.15) is 0 Å². The van der Waals surface area contributed by atoms with Crippen molar-refractivity contribution in [2.45, 2.75) is 0 Å². The van der Waals surface area contributed by atoms with Gasteiger partial charge in [0.2, 0.25) is 5.89 Å². The third-order valence-electron chi connectivity index (χ3n) is 11.5. The minimum Gasteiger partial charge on any atom is -0.435 e. The van der Waals surface area contributed by atoms with Gasteiger partial charge in [0.1, 0.15) is 5.52 Å². The third-order valence-corrected chi connectivity index (χ3v) is 11.5. The molecule has 0 N–H and O–H groups in total. The lowest BCUT2D eigenvalue weighted by Gasteiger charge is -2.12. The minimum atomic E-state index is 0.612. The molecule has 0 saturated carbocycles. The number of aromatic nitrogens is 4. The van der Waals surface area contributed by atoms with Crippen LogP contribution in [0.4, 0.5) is 0 Å². The molecule has 12 rings (SSSR count). The average Bonchev–Trinajstić information content (AvgIpc) is 3.76. The lowest BCUT2D eigenvalue weighted by atomic mass is 9.95. The summed E-state index contributed by atoms with van der Waals surface area (Å²) in [5.74, 6) is 2.48. The largest absolute Gasteiger partial charge is 0.435 e. The summed E-state index contributed by atoms with van der Waals surface area (Å²) < 4.78 is 6.57. The fourth-order valence-electron chi connectivity index (χ4n) is 8.64. The van der Waals surface area contributed by atoms with Crippen molar-refractivity contribution in [3.63, 3.8) is 0 Å². The third kappa shape index (κ3) is 5.55. The van der Waals surface area contributed by atoms with E-state index >= 15 is 0 Å². The Hall–Kier alpha value is -8.02. The molecule has 0 amide bonds. The molecule has 12 aromatic rings. The Balaban J connectivity index is 1.03. The van der Waals surface area contributed by atoms with Crippen LogP contribution in [0.1, 0.15) is 0 Å². The van der Waals surface area contributed by atoms with Crippen LogP contribution in [0.5, 0.6) is 0 Å². The summed E-state index contributed by atoms with van der Waals surface area (Å²) >= 11 is 0. The van der Waals surface area contributed by atoms with E-state index in [0.717, 1.165) is 82.0 Å². The molecule has 5 nitrogen and oxygen atoms in total. The van der Waals surface area contributed by atoms with Gasteiger partial charge in [-0.25, -0.2) is 19.9 Å². The van der Waals surface area contributed by atoms with Crippen LogP contribution in [0, 0.1) is 0 Å². The molecular weight excluding hydrogens is 721 g/mol. The van der Waals surface area contributed by atoms with E-state index in [1.165, 1.54) is 16.3 Å². The monoisotopic (exact) mass is 752 g/mol. The molecule has 0 fully saturated rings. The molecule has 59 heavy (non-hydrogen) atoms. The molecule has 0 aliphatic rings. The molecule has 0 atom stereocenters. The highest BCUT2D eigenvalue weighted by atomic mass is 16.3. The summed E-state index contributed by atoms with van der Waals surface area (Å²) in [7, 11) is 0. The van der Waals surface area contributed by atoms with Gasteiger partial charge in [-0.15, -0.1) is 0 Å². The van der Waals surface area contributed by atoms with Crippen molar-refractivity contribution in [1.29, 1.82) is 0 Å². The number of hydrogen-bond acceptors (Lipinski definition) is 5. The molecular formula is C54H32N4O. The summed E-state index contributed by atoms with van der Waals surface area (Å²) in [5, 5.41) is 11.3. The van der Waals surface area contributed by atoms with Gasteiger partial charge in [-0.05, 0) is 78.5 Å². The fourth-order valence-corrected chi connectivity index (χ4v) is 8.64. The first-order chi connectivity index (χ1) is 29.2. The second-order valence-corrected chi connectivity index (χ2v) is 15.0. The standard InChI is InChI=1S/C54H32N4O/c1-2-12-39(13-3-1)54-55-47-31-29-37-23-22-36-24-27-40-32-41(28-30-45(40)48(36)49(37)50(47)59-54)52-56-51(57-53(58-52)46-19-9-15-34-11-5-7-17-44(34)46)38-25-20-35(21-26-38)43-18-8-14-33-10-4-6-16-42(33)43/h1-32H. The molecule has 0 aliphatic carbocycles. The maximum absolute atomic E-state index is 6.57. The molecule has 0 bridgehead atoms. The Morgan fingerprint density at radius 3 is 1.63 bits per heavy atom. The molecule has 0 saturated heterocycles. The molecule has 2 heterocycles. The van der Waals surface area contributed by atoms with Crippen LogP contribution in [0.25, 0.3) is 122 Å². The van der Waals surface area contributed by atoms with Crippen LogP contribution in [-0.4, -0.2) is 19.9 Å². The number of oxazole rings is 1. The number of benzene rings is 10. The SMILES string of the molecule is c1ccc(-c2nc3ccc4ccc5ccc6cc(-c7nc(-c8ccc(-c9cccc%10ccccc9%10)cc8)nc(-c8cccc9ccccc89)n7)ccc6c5c4c3o2)cc1. The number of fused-ring (bicyclic) bond motifs is 9. The van der Waals surface area contributed by atoms with E-state index in [2.05, 4.69) is 158 Å². The summed E-state index contributed by atoms with van der Waals surface area (Å²) in [6, 6.07) is 67.7. The minimum absolute atomic E-state index is 0.612. The Labute approximate surface area is 338 Å². The van der Waals surface area contributed by atoms with Gasteiger partial charge in [0.15, 0.2) is 23.1 Å². The van der Waals surface area contributed by atoms with E-state index in [1.54, 1.807) is 0 Å². The van der Waals surface area contributed by atoms with Crippen molar-refractivity contribution in [3.05, 3.63) is 194 Å².